The first-order valence-corrected chi connectivity index (χ1v) is 6.10. The Kier molecular flexibility index (Phi) is 5.29. The molecule has 0 heterocycles. The van der Waals surface area contributed by atoms with E-state index in [9.17, 15) is 0 Å². The maximum atomic E-state index is 5.32. The molecule has 3 nitrogen and oxygen atoms in total. The third-order valence-electron chi connectivity index (χ3n) is 2.75. The summed E-state index contributed by atoms with van der Waals surface area (Å²) in [6.07, 6.45) is 1.05. The molecule has 3 heteroatoms. The topological polar surface area (TPSA) is 30.5 Å². The summed E-state index contributed by atoms with van der Waals surface area (Å²) in [5, 5.41) is 3.54. The van der Waals surface area contributed by atoms with Crippen molar-refractivity contribution in [2.75, 3.05) is 14.2 Å². The molecule has 1 rings (SSSR count). The molecule has 0 radical (unpaired) electrons. The molecule has 0 amide bonds. The van der Waals surface area contributed by atoms with Gasteiger partial charge in [-0.05, 0) is 24.1 Å². The van der Waals surface area contributed by atoms with Crippen molar-refractivity contribution in [2.24, 2.45) is 0 Å². The van der Waals surface area contributed by atoms with Gasteiger partial charge in [0.25, 0.3) is 0 Å². The van der Waals surface area contributed by atoms with Gasteiger partial charge in [0.05, 0.1) is 14.2 Å². The molecule has 0 aliphatic heterocycles. The zero-order valence-electron chi connectivity index (χ0n) is 11.4. The highest BCUT2D eigenvalue weighted by Crippen LogP contribution is 2.30. The zero-order chi connectivity index (χ0) is 12.8. The maximum absolute atomic E-state index is 5.32. The van der Waals surface area contributed by atoms with Crippen molar-refractivity contribution in [3.8, 4) is 11.5 Å². The lowest BCUT2D eigenvalue weighted by Crippen LogP contribution is -2.27. The van der Waals surface area contributed by atoms with E-state index < -0.39 is 0 Å². The molecule has 1 atom stereocenters. The smallest absolute Gasteiger partial charge is 0.161 e. The Morgan fingerprint density at radius 1 is 1.12 bits per heavy atom. The quantitative estimate of drug-likeness (QED) is 0.824. The van der Waals surface area contributed by atoms with Crippen LogP contribution >= 0.6 is 0 Å². The maximum Gasteiger partial charge on any atom is 0.161 e. The lowest BCUT2D eigenvalue weighted by Gasteiger charge is -2.21. The van der Waals surface area contributed by atoms with E-state index >= 15 is 0 Å². The Morgan fingerprint density at radius 2 is 1.76 bits per heavy atom. The fourth-order valence-corrected chi connectivity index (χ4v) is 1.92. The largest absolute Gasteiger partial charge is 0.493 e. The molecule has 1 aromatic carbocycles. The zero-order valence-corrected chi connectivity index (χ0v) is 11.4. The number of ether oxygens (including phenoxy) is 2. The van der Waals surface area contributed by atoms with Crippen LogP contribution in [0.4, 0.5) is 0 Å². The highest BCUT2D eigenvalue weighted by Gasteiger charge is 2.13. The second-order valence-electron chi connectivity index (χ2n) is 4.40. The number of benzene rings is 1. The van der Waals surface area contributed by atoms with Crippen LogP contribution in [0.5, 0.6) is 11.5 Å². The number of hydrogen-bond donors (Lipinski definition) is 1. The molecule has 0 saturated heterocycles. The Hall–Kier alpha value is -1.22. The fourth-order valence-electron chi connectivity index (χ4n) is 1.92. The standard InChI is InChI=1S/C14H23NO2/c1-6-12(15-10(2)3)11-7-8-13(16-4)14(9-11)17-5/h7-10,12,15H,6H2,1-5H3. The Balaban J connectivity index is 2.96. The highest BCUT2D eigenvalue weighted by molar-refractivity contribution is 5.43. The predicted molar refractivity (Wildman–Crippen MR) is 70.8 cm³/mol. The summed E-state index contributed by atoms with van der Waals surface area (Å²) in [6, 6.07) is 6.91. The lowest BCUT2D eigenvalue weighted by molar-refractivity contribution is 0.353. The molecule has 1 aromatic rings. The molecule has 0 saturated carbocycles. The van der Waals surface area contributed by atoms with Crippen LogP contribution in [0.15, 0.2) is 18.2 Å². The van der Waals surface area contributed by atoms with Crippen molar-refractivity contribution in [1.29, 1.82) is 0 Å². The molecular weight excluding hydrogens is 214 g/mol. The third kappa shape index (κ3) is 3.63. The lowest BCUT2D eigenvalue weighted by atomic mass is 10.0. The van der Waals surface area contributed by atoms with Gasteiger partial charge in [-0.3, -0.25) is 0 Å². The van der Waals surface area contributed by atoms with Gasteiger partial charge in [-0.1, -0.05) is 26.8 Å². The van der Waals surface area contributed by atoms with E-state index in [1.54, 1.807) is 14.2 Å². The minimum atomic E-state index is 0.356. The summed E-state index contributed by atoms with van der Waals surface area (Å²) in [7, 11) is 3.32. The van der Waals surface area contributed by atoms with Crippen LogP contribution in [0.1, 0.15) is 38.8 Å². The molecule has 0 aromatic heterocycles. The first kappa shape index (κ1) is 13.8. The monoisotopic (exact) mass is 237 g/mol. The SMILES string of the molecule is CCC(NC(C)C)c1ccc(OC)c(OC)c1. The van der Waals surface area contributed by atoms with Crippen molar-refractivity contribution in [3.05, 3.63) is 23.8 Å². The van der Waals surface area contributed by atoms with Crippen LogP contribution in [-0.2, 0) is 0 Å². The van der Waals surface area contributed by atoms with Crippen molar-refractivity contribution in [2.45, 2.75) is 39.3 Å². The van der Waals surface area contributed by atoms with Crippen molar-refractivity contribution in [1.82, 2.24) is 5.32 Å². The number of methoxy groups -OCH3 is 2. The van der Waals surface area contributed by atoms with Gasteiger partial charge >= 0.3 is 0 Å². The molecular formula is C14H23NO2. The van der Waals surface area contributed by atoms with E-state index in [2.05, 4.69) is 32.2 Å². The molecule has 0 bridgehead atoms. The summed E-state index contributed by atoms with van der Waals surface area (Å²) < 4.78 is 10.6. The van der Waals surface area contributed by atoms with E-state index in [1.807, 2.05) is 12.1 Å². The number of rotatable bonds is 6. The van der Waals surface area contributed by atoms with Crippen molar-refractivity contribution in [3.63, 3.8) is 0 Å². The predicted octanol–water partition coefficient (Wildman–Crippen LogP) is 3.15. The van der Waals surface area contributed by atoms with Crippen molar-refractivity contribution < 1.29 is 9.47 Å². The average Bonchev–Trinajstić information content (AvgIpc) is 2.34. The van der Waals surface area contributed by atoms with Gasteiger partial charge in [-0.25, -0.2) is 0 Å². The molecule has 1 N–H and O–H groups in total. The molecule has 0 aliphatic carbocycles. The van der Waals surface area contributed by atoms with Gasteiger partial charge in [0, 0.05) is 12.1 Å². The Bertz CT molecular complexity index is 350. The second kappa shape index (κ2) is 6.50. The Morgan fingerprint density at radius 3 is 2.24 bits per heavy atom. The third-order valence-corrected chi connectivity index (χ3v) is 2.75. The van der Waals surface area contributed by atoms with E-state index in [4.69, 9.17) is 9.47 Å². The van der Waals surface area contributed by atoms with Crippen LogP contribution in [0.2, 0.25) is 0 Å². The van der Waals surface area contributed by atoms with Gasteiger partial charge in [0.2, 0.25) is 0 Å². The summed E-state index contributed by atoms with van der Waals surface area (Å²) in [6.45, 7) is 6.49. The second-order valence-corrected chi connectivity index (χ2v) is 4.40. The van der Waals surface area contributed by atoms with Crippen LogP contribution in [0, 0.1) is 0 Å². The number of hydrogen-bond acceptors (Lipinski definition) is 3. The minimum absolute atomic E-state index is 0.356. The average molecular weight is 237 g/mol. The molecule has 0 fully saturated rings. The number of nitrogens with one attached hydrogen (secondary N) is 1. The molecule has 0 aliphatic rings. The van der Waals surface area contributed by atoms with Gasteiger partial charge in [-0.15, -0.1) is 0 Å². The van der Waals surface area contributed by atoms with E-state index in [0.717, 1.165) is 17.9 Å². The molecule has 0 spiro atoms. The van der Waals surface area contributed by atoms with Crippen LogP contribution in [0.3, 0.4) is 0 Å². The van der Waals surface area contributed by atoms with Crippen LogP contribution in [-0.4, -0.2) is 20.3 Å². The van der Waals surface area contributed by atoms with Crippen LogP contribution in [0.25, 0.3) is 0 Å². The molecule has 1 unspecified atom stereocenters. The summed E-state index contributed by atoms with van der Waals surface area (Å²) in [5.41, 5.74) is 1.24. The van der Waals surface area contributed by atoms with E-state index in [1.165, 1.54) is 5.56 Å². The van der Waals surface area contributed by atoms with Gasteiger partial charge < -0.3 is 14.8 Å². The van der Waals surface area contributed by atoms with Gasteiger partial charge in [0.1, 0.15) is 0 Å². The summed E-state index contributed by atoms with van der Waals surface area (Å²) >= 11 is 0. The van der Waals surface area contributed by atoms with Gasteiger partial charge in [0.15, 0.2) is 11.5 Å². The first-order valence-electron chi connectivity index (χ1n) is 6.10. The normalized spacial score (nSPS) is 12.6. The van der Waals surface area contributed by atoms with Crippen LogP contribution < -0.4 is 14.8 Å². The highest BCUT2D eigenvalue weighted by atomic mass is 16.5. The van der Waals surface area contributed by atoms with E-state index in [0.29, 0.717) is 12.1 Å². The Labute approximate surface area is 104 Å². The first-order chi connectivity index (χ1) is 8.12. The van der Waals surface area contributed by atoms with Crippen molar-refractivity contribution >= 4 is 0 Å². The minimum Gasteiger partial charge on any atom is -0.493 e. The fraction of sp³-hybridized carbons (Fsp3) is 0.571. The molecule has 96 valence electrons. The summed E-state index contributed by atoms with van der Waals surface area (Å²) in [4.78, 5) is 0. The molecule has 17 heavy (non-hydrogen) atoms. The summed E-state index contributed by atoms with van der Waals surface area (Å²) in [5.74, 6) is 1.56. The van der Waals surface area contributed by atoms with E-state index in [-0.39, 0.29) is 0 Å². The van der Waals surface area contributed by atoms with Gasteiger partial charge in [-0.2, -0.15) is 0 Å².